The second-order valence-corrected chi connectivity index (χ2v) is 3.84. The first-order valence-corrected chi connectivity index (χ1v) is 5.33. The van der Waals surface area contributed by atoms with Crippen LogP contribution >= 0.6 is 0 Å². The van der Waals surface area contributed by atoms with Crippen LogP contribution in [0.1, 0.15) is 15.9 Å². The molecule has 4 nitrogen and oxygen atoms in total. The van der Waals surface area contributed by atoms with Gasteiger partial charge in [-0.2, -0.15) is 0 Å². The van der Waals surface area contributed by atoms with Crippen LogP contribution in [0.5, 0.6) is 5.75 Å². The molecule has 0 saturated carbocycles. The number of ether oxygens (including phenoxy) is 1. The number of aromatic hydroxyl groups is 1. The molecule has 0 radical (unpaired) electrons. The highest BCUT2D eigenvalue weighted by molar-refractivity contribution is 5.97. The van der Waals surface area contributed by atoms with E-state index in [1.165, 1.54) is 0 Å². The van der Waals surface area contributed by atoms with Crippen LogP contribution in [-0.4, -0.2) is 42.7 Å². The second kappa shape index (κ2) is 4.53. The van der Waals surface area contributed by atoms with Crippen LogP contribution in [0.15, 0.2) is 18.2 Å². The van der Waals surface area contributed by atoms with Gasteiger partial charge >= 0.3 is 0 Å². The molecule has 1 aromatic rings. The van der Waals surface area contributed by atoms with E-state index in [9.17, 15) is 9.90 Å². The smallest absolute Gasteiger partial charge is 0.254 e. The van der Waals surface area contributed by atoms with E-state index in [0.29, 0.717) is 31.7 Å². The lowest BCUT2D eigenvalue weighted by atomic mass is 9.98. The summed E-state index contributed by atoms with van der Waals surface area (Å²) in [4.78, 5) is 13.8. The summed E-state index contributed by atoms with van der Waals surface area (Å²) in [5, 5.41) is 9.64. The van der Waals surface area contributed by atoms with Crippen molar-refractivity contribution in [3.8, 4) is 5.75 Å². The van der Waals surface area contributed by atoms with Gasteiger partial charge in [0.1, 0.15) is 5.75 Å². The Labute approximate surface area is 94.4 Å². The van der Waals surface area contributed by atoms with Gasteiger partial charge in [-0.05, 0) is 18.6 Å². The summed E-state index contributed by atoms with van der Waals surface area (Å²) in [6.45, 7) is 1.79. The van der Waals surface area contributed by atoms with Gasteiger partial charge in [-0.15, -0.1) is 0 Å². The van der Waals surface area contributed by atoms with Crippen molar-refractivity contribution in [2.24, 2.45) is 0 Å². The molecule has 16 heavy (non-hydrogen) atoms. The van der Waals surface area contributed by atoms with Crippen molar-refractivity contribution in [1.29, 1.82) is 0 Å². The average Bonchev–Trinajstić information content (AvgIpc) is 2.29. The Balaban J connectivity index is 2.22. The van der Waals surface area contributed by atoms with Gasteiger partial charge in [0.2, 0.25) is 0 Å². The highest BCUT2D eigenvalue weighted by Crippen LogP contribution is 2.26. The van der Waals surface area contributed by atoms with Gasteiger partial charge in [0.05, 0.1) is 6.61 Å². The minimum atomic E-state index is -0.0193. The minimum Gasteiger partial charge on any atom is -0.508 e. The molecule has 1 heterocycles. The first kappa shape index (κ1) is 11.0. The summed E-state index contributed by atoms with van der Waals surface area (Å²) in [6.07, 6.45) is 0.706. The van der Waals surface area contributed by atoms with Crippen LogP contribution < -0.4 is 0 Å². The average molecular weight is 221 g/mol. The van der Waals surface area contributed by atoms with E-state index in [-0.39, 0.29) is 11.7 Å². The minimum absolute atomic E-state index is 0.0193. The number of hydrogen-bond donors (Lipinski definition) is 1. The number of methoxy groups -OCH3 is 1. The molecule has 0 aliphatic carbocycles. The molecule has 0 aromatic heterocycles. The summed E-state index contributed by atoms with van der Waals surface area (Å²) in [7, 11) is 1.62. The lowest BCUT2D eigenvalue weighted by molar-refractivity contribution is 0.0677. The van der Waals surface area contributed by atoms with Gasteiger partial charge in [0.15, 0.2) is 0 Å². The third-order valence-electron chi connectivity index (χ3n) is 2.87. The van der Waals surface area contributed by atoms with Crippen molar-refractivity contribution >= 4 is 5.91 Å². The molecule has 0 atom stereocenters. The lowest BCUT2D eigenvalue weighted by Crippen LogP contribution is -2.39. The second-order valence-electron chi connectivity index (χ2n) is 3.84. The zero-order valence-electron chi connectivity index (χ0n) is 9.27. The number of amides is 1. The van der Waals surface area contributed by atoms with Gasteiger partial charge in [-0.3, -0.25) is 4.79 Å². The van der Waals surface area contributed by atoms with Crippen molar-refractivity contribution in [3.05, 3.63) is 29.3 Å². The number of phenols is 1. The number of carbonyl (C=O) groups excluding carboxylic acids is 1. The molecule has 0 spiro atoms. The molecule has 86 valence electrons. The fourth-order valence-corrected chi connectivity index (χ4v) is 1.97. The number of phenolic OH excluding ortho intramolecular Hbond substituents is 1. The molecule has 0 bridgehead atoms. The van der Waals surface area contributed by atoms with Crippen molar-refractivity contribution in [3.63, 3.8) is 0 Å². The van der Waals surface area contributed by atoms with Crippen LogP contribution in [-0.2, 0) is 11.2 Å². The van der Waals surface area contributed by atoms with E-state index < -0.39 is 0 Å². The Morgan fingerprint density at radius 3 is 3.06 bits per heavy atom. The monoisotopic (exact) mass is 221 g/mol. The highest BCUT2D eigenvalue weighted by Gasteiger charge is 2.25. The van der Waals surface area contributed by atoms with Crippen LogP contribution in [0.3, 0.4) is 0 Å². The van der Waals surface area contributed by atoms with Gasteiger partial charge < -0.3 is 14.7 Å². The maximum absolute atomic E-state index is 12.0. The van der Waals surface area contributed by atoms with E-state index in [1.54, 1.807) is 30.2 Å². The zero-order chi connectivity index (χ0) is 11.5. The van der Waals surface area contributed by atoms with Crippen LogP contribution in [0, 0.1) is 0 Å². The molecular weight excluding hydrogens is 206 g/mol. The molecule has 1 aliphatic heterocycles. The number of nitrogens with zero attached hydrogens (tertiary/aromatic N) is 1. The van der Waals surface area contributed by atoms with E-state index >= 15 is 0 Å². The molecule has 1 aliphatic rings. The molecule has 1 N–H and O–H groups in total. The summed E-state index contributed by atoms with van der Waals surface area (Å²) < 4.78 is 4.96. The molecule has 0 unspecified atom stereocenters. The fraction of sp³-hybridized carbons (Fsp3) is 0.417. The third kappa shape index (κ3) is 1.88. The van der Waals surface area contributed by atoms with Crippen LogP contribution in [0.4, 0.5) is 0 Å². The van der Waals surface area contributed by atoms with Gasteiger partial charge in [0.25, 0.3) is 5.91 Å². The molecular formula is C12H15NO3. The summed E-state index contributed by atoms with van der Waals surface area (Å²) in [6, 6.07) is 5.08. The topological polar surface area (TPSA) is 49.8 Å². The largest absolute Gasteiger partial charge is 0.508 e. The van der Waals surface area contributed by atoms with Crippen LogP contribution in [0.2, 0.25) is 0 Å². The quantitative estimate of drug-likeness (QED) is 0.829. The normalized spacial score (nSPS) is 15.1. The molecule has 0 saturated heterocycles. The first-order chi connectivity index (χ1) is 7.74. The maximum Gasteiger partial charge on any atom is 0.254 e. The molecule has 2 rings (SSSR count). The standard InChI is InChI=1S/C12H15NO3/c1-16-8-7-13-6-5-9-10(12(13)15)3-2-4-11(9)14/h2-4,14H,5-8H2,1H3. The van der Waals surface area contributed by atoms with E-state index in [2.05, 4.69) is 0 Å². The summed E-state index contributed by atoms with van der Waals surface area (Å²) in [5.41, 5.74) is 1.38. The Bertz CT molecular complexity index is 403. The summed E-state index contributed by atoms with van der Waals surface area (Å²) >= 11 is 0. The predicted octanol–water partition coefficient (Wildman–Crippen LogP) is 1.04. The third-order valence-corrected chi connectivity index (χ3v) is 2.87. The van der Waals surface area contributed by atoms with E-state index in [1.807, 2.05) is 0 Å². The molecule has 4 heteroatoms. The number of hydrogen-bond acceptors (Lipinski definition) is 3. The maximum atomic E-state index is 12.0. The van der Waals surface area contributed by atoms with Gasteiger partial charge in [-0.1, -0.05) is 6.07 Å². The Hall–Kier alpha value is -1.55. The number of rotatable bonds is 3. The van der Waals surface area contributed by atoms with Gasteiger partial charge in [-0.25, -0.2) is 0 Å². The molecule has 1 aromatic carbocycles. The number of benzene rings is 1. The number of carbonyl (C=O) groups is 1. The summed E-state index contributed by atoms with van der Waals surface area (Å²) in [5.74, 6) is 0.200. The lowest BCUT2D eigenvalue weighted by Gasteiger charge is -2.28. The zero-order valence-corrected chi connectivity index (χ0v) is 9.27. The first-order valence-electron chi connectivity index (χ1n) is 5.33. The van der Waals surface area contributed by atoms with Crippen LogP contribution in [0.25, 0.3) is 0 Å². The Morgan fingerprint density at radius 1 is 1.50 bits per heavy atom. The molecule has 0 fully saturated rings. The van der Waals surface area contributed by atoms with Crippen molar-refractivity contribution in [2.75, 3.05) is 26.8 Å². The highest BCUT2D eigenvalue weighted by atomic mass is 16.5. The Morgan fingerprint density at radius 2 is 2.31 bits per heavy atom. The van der Waals surface area contributed by atoms with Crippen molar-refractivity contribution in [2.45, 2.75) is 6.42 Å². The van der Waals surface area contributed by atoms with Crippen molar-refractivity contribution in [1.82, 2.24) is 4.90 Å². The van der Waals surface area contributed by atoms with E-state index in [0.717, 1.165) is 5.56 Å². The fourth-order valence-electron chi connectivity index (χ4n) is 1.97. The molecule has 1 amide bonds. The Kier molecular flexibility index (Phi) is 3.10. The SMILES string of the molecule is COCCN1CCc2c(O)cccc2C1=O. The number of fused-ring (bicyclic) bond motifs is 1. The van der Waals surface area contributed by atoms with Gasteiger partial charge in [0, 0.05) is 31.3 Å². The van der Waals surface area contributed by atoms with E-state index in [4.69, 9.17) is 4.74 Å². The van der Waals surface area contributed by atoms with Crippen molar-refractivity contribution < 1.29 is 14.6 Å². The predicted molar refractivity (Wildman–Crippen MR) is 59.6 cm³/mol.